The molecule has 96 valence electrons. The number of thiazole rings is 1. The van der Waals surface area contributed by atoms with E-state index in [0.29, 0.717) is 10.5 Å². The fourth-order valence-electron chi connectivity index (χ4n) is 1.62. The molecule has 0 fully saturated rings. The summed E-state index contributed by atoms with van der Waals surface area (Å²) in [7, 11) is 0. The number of nitrogens with one attached hydrogen (secondary N) is 2. The van der Waals surface area contributed by atoms with Gasteiger partial charge in [0.05, 0.1) is 17.9 Å². The highest BCUT2D eigenvalue weighted by molar-refractivity contribution is 7.15. The summed E-state index contributed by atoms with van der Waals surface area (Å²) in [6.45, 7) is 4.99. The Morgan fingerprint density at radius 1 is 1.28 bits per heavy atom. The summed E-state index contributed by atoms with van der Waals surface area (Å²) in [6, 6.07) is 8.59. The van der Waals surface area contributed by atoms with Crippen molar-refractivity contribution >= 4 is 34.3 Å². The van der Waals surface area contributed by atoms with Crippen LogP contribution < -0.4 is 10.6 Å². The Bertz CT molecular complexity index is 510. The Labute approximate surface area is 116 Å². The zero-order chi connectivity index (χ0) is 13.0. The molecule has 0 saturated heterocycles. The number of halogens is 1. The van der Waals surface area contributed by atoms with Crippen LogP contribution in [0.4, 0.5) is 11.4 Å². The molecular weight excluding hydrogens is 266 g/mol. The molecule has 1 aromatic heterocycles. The monoisotopic (exact) mass is 281 g/mol. The van der Waals surface area contributed by atoms with Crippen LogP contribution in [0.15, 0.2) is 30.5 Å². The lowest BCUT2D eigenvalue weighted by Gasteiger charge is -2.15. The second kappa shape index (κ2) is 6.07. The van der Waals surface area contributed by atoms with Crippen LogP contribution in [-0.2, 0) is 6.54 Å². The summed E-state index contributed by atoms with van der Waals surface area (Å²) in [5, 5.41) is 6.81. The van der Waals surface area contributed by atoms with Crippen LogP contribution in [0.25, 0.3) is 0 Å². The molecule has 0 atom stereocenters. The predicted molar refractivity (Wildman–Crippen MR) is 79.7 cm³/mol. The van der Waals surface area contributed by atoms with Crippen molar-refractivity contribution in [2.45, 2.75) is 26.4 Å². The number of aromatic nitrogens is 1. The van der Waals surface area contributed by atoms with Gasteiger partial charge in [-0.3, -0.25) is 0 Å². The maximum atomic E-state index is 5.81. The Balaban J connectivity index is 2.04. The number of para-hydroxylation sites is 2. The molecule has 3 nitrogen and oxygen atoms in total. The summed E-state index contributed by atoms with van der Waals surface area (Å²) < 4.78 is 0.584. The predicted octanol–water partition coefficient (Wildman–Crippen LogP) is 4.23. The average Bonchev–Trinajstić information content (AvgIpc) is 2.73. The zero-order valence-electron chi connectivity index (χ0n) is 10.4. The van der Waals surface area contributed by atoms with Crippen molar-refractivity contribution < 1.29 is 0 Å². The molecular formula is C13H16ClN3S. The van der Waals surface area contributed by atoms with E-state index in [1.54, 1.807) is 6.20 Å². The summed E-state index contributed by atoms with van der Waals surface area (Å²) in [5.74, 6) is 0. The van der Waals surface area contributed by atoms with E-state index in [1.807, 2.05) is 12.1 Å². The first-order valence-electron chi connectivity index (χ1n) is 5.85. The molecule has 0 aliphatic heterocycles. The Morgan fingerprint density at radius 3 is 2.61 bits per heavy atom. The van der Waals surface area contributed by atoms with Crippen molar-refractivity contribution in [3.63, 3.8) is 0 Å². The fraction of sp³-hybridized carbons (Fsp3) is 0.308. The molecule has 0 aliphatic rings. The maximum Gasteiger partial charge on any atom is 0.183 e. The third-order valence-electron chi connectivity index (χ3n) is 2.35. The van der Waals surface area contributed by atoms with Gasteiger partial charge in [-0.25, -0.2) is 4.98 Å². The van der Waals surface area contributed by atoms with Crippen molar-refractivity contribution in [3.8, 4) is 0 Å². The summed E-state index contributed by atoms with van der Waals surface area (Å²) in [6.07, 6.45) is 1.80. The molecule has 1 aromatic carbocycles. The summed E-state index contributed by atoms with van der Waals surface area (Å²) >= 11 is 7.31. The first-order valence-corrected chi connectivity index (χ1v) is 7.04. The van der Waals surface area contributed by atoms with Crippen molar-refractivity contribution in [1.29, 1.82) is 0 Å². The zero-order valence-corrected chi connectivity index (χ0v) is 12.0. The number of hydrogen-bond acceptors (Lipinski definition) is 4. The second-order valence-corrected chi connectivity index (χ2v) is 5.98. The molecule has 0 unspecified atom stereocenters. The number of anilines is 2. The van der Waals surface area contributed by atoms with E-state index < -0.39 is 0 Å². The smallest absolute Gasteiger partial charge is 0.183 e. The van der Waals surface area contributed by atoms with Crippen molar-refractivity contribution in [1.82, 2.24) is 4.98 Å². The van der Waals surface area contributed by atoms with E-state index in [2.05, 4.69) is 41.6 Å². The second-order valence-electron chi connectivity index (χ2n) is 4.28. The molecule has 2 aromatic rings. The molecule has 0 spiro atoms. The SMILES string of the molecule is CC(C)Nc1ccccc1NCc1cnc(Cl)s1. The number of nitrogens with zero attached hydrogens (tertiary/aromatic N) is 1. The van der Waals surface area contributed by atoms with Gasteiger partial charge in [0.2, 0.25) is 0 Å². The summed E-state index contributed by atoms with van der Waals surface area (Å²) in [4.78, 5) is 5.15. The maximum absolute atomic E-state index is 5.81. The van der Waals surface area contributed by atoms with Crippen LogP contribution in [0.3, 0.4) is 0 Å². The van der Waals surface area contributed by atoms with E-state index >= 15 is 0 Å². The van der Waals surface area contributed by atoms with Gasteiger partial charge < -0.3 is 10.6 Å². The van der Waals surface area contributed by atoms with Crippen LogP contribution in [-0.4, -0.2) is 11.0 Å². The quantitative estimate of drug-likeness (QED) is 0.861. The average molecular weight is 282 g/mol. The number of rotatable bonds is 5. The van der Waals surface area contributed by atoms with Crippen molar-refractivity contribution in [2.75, 3.05) is 10.6 Å². The van der Waals surface area contributed by atoms with E-state index in [-0.39, 0.29) is 0 Å². The largest absolute Gasteiger partial charge is 0.381 e. The van der Waals surface area contributed by atoms with Crippen LogP contribution in [0.1, 0.15) is 18.7 Å². The van der Waals surface area contributed by atoms with E-state index in [1.165, 1.54) is 11.3 Å². The van der Waals surface area contributed by atoms with Crippen LogP contribution in [0.2, 0.25) is 4.47 Å². The first-order chi connectivity index (χ1) is 8.65. The highest BCUT2D eigenvalue weighted by Gasteiger charge is 2.04. The third-order valence-corrected chi connectivity index (χ3v) is 3.46. The van der Waals surface area contributed by atoms with Crippen LogP contribution in [0.5, 0.6) is 0 Å². The number of benzene rings is 1. The van der Waals surface area contributed by atoms with Gasteiger partial charge in [0.1, 0.15) is 0 Å². The molecule has 1 heterocycles. The van der Waals surface area contributed by atoms with Gasteiger partial charge in [-0.2, -0.15) is 0 Å². The molecule has 5 heteroatoms. The molecule has 0 aliphatic carbocycles. The Morgan fingerprint density at radius 2 is 2.00 bits per heavy atom. The van der Waals surface area contributed by atoms with Crippen molar-refractivity contribution in [2.24, 2.45) is 0 Å². The number of hydrogen-bond donors (Lipinski definition) is 2. The van der Waals surface area contributed by atoms with Crippen LogP contribution >= 0.6 is 22.9 Å². The van der Waals surface area contributed by atoms with Crippen molar-refractivity contribution in [3.05, 3.63) is 39.8 Å². The van der Waals surface area contributed by atoms with Gasteiger partial charge in [-0.05, 0) is 26.0 Å². The highest BCUT2D eigenvalue weighted by Crippen LogP contribution is 2.24. The van der Waals surface area contributed by atoms with Crippen LogP contribution in [0, 0.1) is 0 Å². The lowest BCUT2D eigenvalue weighted by molar-refractivity contribution is 0.899. The standard InChI is InChI=1S/C13H16ClN3S/c1-9(2)17-12-6-4-3-5-11(12)15-7-10-8-16-13(14)18-10/h3-6,8-9,15,17H,7H2,1-2H3. The lowest BCUT2D eigenvalue weighted by atomic mass is 10.2. The topological polar surface area (TPSA) is 37.0 Å². The fourth-order valence-corrected chi connectivity index (χ4v) is 2.54. The normalized spacial score (nSPS) is 10.7. The molecule has 0 radical (unpaired) electrons. The third kappa shape index (κ3) is 3.62. The minimum Gasteiger partial charge on any atom is -0.381 e. The first kappa shape index (κ1) is 13.2. The Kier molecular flexibility index (Phi) is 4.44. The molecule has 2 rings (SSSR count). The van der Waals surface area contributed by atoms with Gasteiger partial charge >= 0.3 is 0 Å². The van der Waals surface area contributed by atoms with E-state index in [0.717, 1.165) is 22.8 Å². The molecule has 0 bridgehead atoms. The molecule has 2 N–H and O–H groups in total. The highest BCUT2D eigenvalue weighted by atomic mass is 35.5. The summed E-state index contributed by atoms with van der Waals surface area (Å²) in [5.41, 5.74) is 2.21. The lowest BCUT2D eigenvalue weighted by Crippen LogP contribution is -2.11. The van der Waals surface area contributed by atoms with Gasteiger partial charge in [-0.15, -0.1) is 11.3 Å². The van der Waals surface area contributed by atoms with Gasteiger partial charge in [0.25, 0.3) is 0 Å². The molecule has 18 heavy (non-hydrogen) atoms. The molecule has 0 saturated carbocycles. The minimum absolute atomic E-state index is 0.408. The van der Waals surface area contributed by atoms with Gasteiger partial charge in [0, 0.05) is 17.1 Å². The minimum atomic E-state index is 0.408. The van der Waals surface area contributed by atoms with E-state index in [4.69, 9.17) is 11.6 Å². The van der Waals surface area contributed by atoms with Gasteiger partial charge in [0.15, 0.2) is 4.47 Å². The molecule has 0 amide bonds. The Hall–Kier alpha value is -1.26. The van der Waals surface area contributed by atoms with E-state index in [9.17, 15) is 0 Å². The van der Waals surface area contributed by atoms with Gasteiger partial charge in [-0.1, -0.05) is 23.7 Å².